The van der Waals surface area contributed by atoms with Crippen LogP contribution in [0, 0.1) is 28.6 Å². The minimum atomic E-state index is -1.08. The highest BCUT2D eigenvalue weighted by atomic mass is 16.6. The number of anilines is 1. The Morgan fingerprint density at radius 2 is 1.49 bits per heavy atom. The SMILES string of the molecule is COc1ccc2c3c1O[C@H]1C(OC(=O)N4CCC(C(=O)NCCCC[C@H](NC(=O)OCc5ccccc5)C(=O)NCCOc5ccc(C(=O)Oc6ccc(NC(=N)N)cc6)cc5)CC4CNC(=O)[C@H](CCCNC(=N)N)NC(=O)CNC(C)=O)=CC[C@H]4[C@H](CCC[C@]314)C2. The molecule has 1 saturated heterocycles. The molecule has 2 bridgehead atoms. The molecule has 4 aromatic carbocycles. The summed E-state index contributed by atoms with van der Waals surface area (Å²) in [7, 11) is 1.61. The lowest BCUT2D eigenvalue weighted by molar-refractivity contribution is -0.130. The summed E-state index contributed by atoms with van der Waals surface area (Å²) in [6, 6.07) is 22.9. The summed E-state index contributed by atoms with van der Waals surface area (Å²) in [5.74, 6) is -0.931. The number of nitrogens with zero attached hydrogens (tertiary/aromatic N) is 1. The minimum absolute atomic E-state index is 0.0283. The standard InChI is InChI=1S/C66H83N13O14/c1-39(80)74-37-54(81)77-50(14-9-30-73-62(67)68)60(84)75-36-46-35-44(27-32-79(46)65(87)92-53-26-24-49-42-12-8-28-66(49)55-43(34-42)17-25-52(88-2)56(55)93-57(53)66)58(82)71-29-7-6-13-51(78-64(86)90-38-40-10-4-3-5-11-40)59(83)72-31-33-89-47-20-15-41(16-21-47)61(85)91-48-22-18-45(19-23-48)76-63(69)70/h3-5,10-11,15-23,25-26,42,44,46,49-51,57H,6-9,12-14,24,27-38H2,1-2H3,(H,71,82)(H,72,83)(H,74,80)(H,75,84)(H,77,81)(H,78,86)(H4,67,68,73)(H4,69,70,76)/t42-,44?,46?,49+,50+,51+,57+,66+/m1/s1. The Kier molecular flexibility index (Phi) is 23.0. The molecule has 0 aromatic heterocycles. The van der Waals surface area contributed by atoms with E-state index in [-0.39, 0.29) is 107 Å². The van der Waals surface area contributed by atoms with Gasteiger partial charge in [0, 0.05) is 55.7 Å². The van der Waals surface area contributed by atoms with E-state index in [0.29, 0.717) is 66.2 Å². The lowest BCUT2D eigenvalue weighted by Gasteiger charge is -2.53. The van der Waals surface area contributed by atoms with Gasteiger partial charge in [-0.2, -0.15) is 0 Å². The second kappa shape index (κ2) is 31.8. The van der Waals surface area contributed by atoms with Crippen molar-refractivity contribution in [3.05, 3.63) is 125 Å². The van der Waals surface area contributed by atoms with Crippen LogP contribution in [0.1, 0.15) is 105 Å². The number of hydrogen-bond donors (Lipinski definition) is 12. The van der Waals surface area contributed by atoms with Gasteiger partial charge in [0.25, 0.3) is 0 Å². The Hall–Kier alpha value is -10.1. The number of carbonyl (C=O) groups is 8. The van der Waals surface area contributed by atoms with Crippen LogP contribution < -0.4 is 72.9 Å². The third-order valence-corrected chi connectivity index (χ3v) is 17.6. The molecule has 2 unspecified atom stereocenters. The number of unbranched alkanes of at least 4 members (excludes halogenated alkanes) is 1. The molecule has 496 valence electrons. The summed E-state index contributed by atoms with van der Waals surface area (Å²) in [4.78, 5) is 109. The van der Waals surface area contributed by atoms with Crippen molar-refractivity contribution in [1.82, 2.24) is 42.1 Å². The number of ether oxygens (including phenoxy) is 6. The van der Waals surface area contributed by atoms with Gasteiger partial charge in [-0.3, -0.25) is 34.8 Å². The van der Waals surface area contributed by atoms with Crippen molar-refractivity contribution in [3.63, 3.8) is 0 Å². The van der Waals surface area contributed by atoms with E-state index >= 15 is 0 Å². The van der Waals surface area contributed by atoms with Gasteiger partial charge in [0.05, 0.1) is 31.8 Å². The molecule has 5 aliphatic rings. The summed E-state index contributed by atoms with van der Waals surface area (Å²) in [6.45, 7) is 1.38. The first-order valence-electron chi connectivity index (χ1n) is 31.5. The van der Waals surface area contributed by atoms with Crippen LogP contribution in [0.3, 0.4) is 0 Å². The average molecular weight is 1280 g/mol. The number of methoxy groups -OCH3 is 1. The predicted molar refractivity (Wildman–Crippen MR) is 341 cm³/mol. The zero-order valence-electron chi connectivity index (χ0n) is 52.2. The number of hydrogen-bond acceptors (Lipinski definition) is 16. The molecule has 2 aliphatic heterocycles. The summed E-state index contributed by atoms with van der Waals surface area (Å²) < 4.78 is 35.8. The summed E-state index contributed by atoms with van der Waals surface area (Å²) >= 11 is 0. The molecule has 4 aromatic rings. The fourth-order valence-electron chi connectivity index (χ4n) is 13.3. The maximum Gasteiger partial charge on any atom is 0.415 e. The topological polar surface area (TPSA) is 391 Å². The molecule has 1 saturated carbocycles. The predicted octanol–water partition coefficient (Wildman–Crippen LogP) is 4.47. The molecule has 2 heterocycles. The number of nitrogens with two attached hydrogens (primary N) is 2. The van der Waals surface area contributed by atoms with Gasteiger partial charge in [0.1, 0.15) is 42.6 Å². The normalized spacial score (nSPS) is 20.2. The largest absolute Gasteiger partial charge is 0.493 e. The second-order valence-corrected chi connectivity index (χ2v) is 23.8. The van der Waals surface area contributed by atoms with Crippen molar-refractivity contribution >= 4 is 65.3 Å². The number of allylic oxidation sites excluding steroid dienone is 1. The lowest BCUT2D eigenvalue weighted by atomic mass is 9.49. The van der Waals surface area contributed by atoms with Gasteiger partial charge >= 0.3 is 18.2 Å². The fourth-order valence-corrected chi connectivity index (χ4v) is 13.3. The summed E-state index contributed by atoms with van der Waals surface area (Å²) in [6.07, 6.45) is 6.36. The van der Waals surface area contributed by atoms with Crippen molar-refractivity contribution in [2.45, 2.75) is 120 Å². The molecule has 14 N–H and O–H groups in total. The highest BCUT2D eigenvalue weighted by Gasteiger charge is 2.64. The van der Waals surface area contributed by atoms with Gasteiger partial charge in [0.15, 0.2) is 29.5 Å². The van der Waals surface area contributed by atoms with Crippen molar-refractivity contribution in [2.75, 3.05) is 58.3 Å². The maximum atomic E-state index is 14.8. The zero-order chi connectivity index (χ0) is 66.0. The third-order valence-electron chi connectivity index (χ3n) is 17.6. The number of nitrogens with one attached hydrogen (secondary N) is 10. The number of rotatable bonds is 29. The molecule has 27 heteroatoms. The Bertz CT molecular complexity index is 3410. The number of piperidine rings is 1. The molecule has 3 aliphatic carbocycles. The van der Waals surface area contributed by atoms with E-state index in [1.807, 2.05) is 30.3 Å². The first-order valence-corrected chi connectivity index (χ1v) is 31.5. The number of amides is 7. The highest BCUT2D eigenvalue weighted by Crippen LogP contribution is 2.66. The molecule has 9 rings (SSSR count). The van der Waals surface area contributed by atoms with E-state index in [0.717, 1.165) is 36.8 Å². The zero-order valence-corrected chi connectivity index (χ0v) is 52.2. The summed E-state index contributed by atoms with van der Waals surface area (Å²) in [5, 5.41) is 36.8. The van der Waals surface area contributed by atoms with E-state index in [1.165, 1.54) is 29.5 Å². The number of esters is 1. The fraction of sp³-hybridized carbons (Fsp3) is 0.455. The number of benzene rings is 4. The van der Waals surface area contributed by atoms with Gasteiger partial charge < -0.3 is 87.3 Å². The minimum Gasteiger partial charge on any atom is -0.493 e. The van der Waals surface area contributed by atoms with Crippen LogP contribution in [-0.2, 0) is 51.9 Å². The first-order chi connectivity index (χ1) is 44.9. The molecule has 2 fully saturated rings. The van der Waals surface area contributed by atoms with E-state index < -0.39 is 77.3 Å². The van der Waals surface area contributed by atoms with Crippen LogP contribution in [0.25, 0.3) is 0 Å². The molecule has 7 amide bonds. The molecule has 1 spiro atoms. The average Bonchev–Trinajstić information content (AvgIpc) is 1.57. The molecular weight excluding hydrogens is 1200 g/mol. The van der Waals surface area contributed by atoms with Crippen LogP contribution in [0.2, 0.25) is 0 Å². The van der Waals surface area contributed by atoms with Gasteiger partial charge in [0.2, 0.25) is 29.5 Å². The van der Waals surface area contributed by atoms with E-state index in [9.17, 15) is 38.4 Å². The number of guanidine groups is 2. The Labute approximate surface area is 538 Å². The smallest absolute Gasteiger partial charge is 0.415 e. The lowest BCUT2D eigenvalue weighted by Crippen LogP contribution is -2.57. The van der Waals surface area contributed by atoms with Gasteiger partial charge in [-0.1, -0.05) is 42.8 Å². The van der Waals surface area contributed by atoms with Gasteiger partial charge in [-0.05, 0) is 154 Å². The molecule has 8 atom stereocenters. The van der Waals surface area contributed by atoms with Crippen LogP contribution in [0.5, 0.6) is 23.0 Å². The molecule has 27 nitrogen and oxygen atoms in total. The van der Waals surface area contributed by atoms with E-state index in [2.05, 4.69) is 48.6 Å². The van der Waals surface area contributed by atoms with E-state index in [4.69, 9.17) is 50.7 Å². The van der Waals surface area contributed by atoms with Gasteiger partial charge in [-0.15, -0.1) is 0 Å². The van der Waals surface area contributed by atoms with Crippen LogP contribution in [-0.4, -0.2) is 142 Å². The first kappa shape index (κ1) is 67.3. The van der Waals surface area contributed by atoms with Gasteiger partial charge in [-0.25, -0.2) is 14.4 Å². The number of carbonyl (C=O) groups excluding carboxylic acids is 8. The van der Waals surface area contributed by atoms with Crippen molar-refractivity contribution in [2.24, 2.45) is 29.2 Å². The van der Waals surface area contributed by atoms with E-state index in [1.54, 1.807) is 55.6 Å². The molecule has 93 heavy (non-hydrogen) atoms. The number of alkyl carbamates (subject to hydrolysis) is 1. The molecular formula is C66H83N13O14. The monoisotopic (exact) mass is 1280 g/mol. The van der Waals surface area contributed by atoms with Crippen molar-refractivity contribution in [3.8, 4) is 23.0 Å². The van der Waals surface area contributed by atoms with Crippen LogP contribution in [0.15, 0.2) is 103 Å². The third kappa shape index (κ3) is 17.5. The maximum absolute atomic E-state index is 14.8. The van der Waals surface area contributed by atoms with Crippen molar-refractivity contribution < 1.29 is 66.8 Å². The highest BCUT2D eigenvalue weighted by molar-refractivity contribution is 5.92. The van der Waals surface area contributed by atoms with Crippen LogP contribution in [0.4, 0.5) is 15.3 Å². The molecule has 0 radical (unpaired) electrons. The second-order valence-electron chi connectivity index (χ2n) is 23.8. The Morgan fingerprint density at radius 1 is 0.763 bits per heavy atom. The number of likely N-dealkylation sites (tertiary alicyclic amines) is 1. The summed E-state index contributed by atoms with van der Waals surface area (Å²) in [5.41, 5.74) is 14.4. The Morgan fingerprint density at radius 3 is 2.24 bits per heavy atom. The van der Waals surface area contributed by atoms with Crippen molar-refractivity contribution in [1.29, 1.82) is 10.8 Å². The quantitative estimate of drug-likeness (QED) is 0.0117. The Balaban J connectivity index is 0.809. The van der Waals surface area contributed by atoms with Crippen LogP contribution >= 0.6 is 0 Å².